The number of anilines is 1. The van der Waals surface area contributed by atoms with Crippen molar-refractivity contribution in [1.29, 1.82) is 0 Å². The van der Waals surface area contributed by atoms with E-state index < -0.39 is 0 Å². The van der Waals surface area contributed by atoms with E-state index in [9.17, 15) is 9.18 Å². The van der Waals surface area contributed by atoms with Crippen LogP contribution in [0, 0.1) is 11.5 Å². The fourth-order valence-corrected chi connectivity index (χ4v) is 6.19. The molecule has 0 bridgehead atoms. The van der Waals surface area contributed by atoms with Crippen LogP contribution in [0.15, 0.2) is 65.6 Å². The molecule has 2 aromatic carbocycles. The summed E-state index contributed by atoms with van der Waals surface area (Å²) >= 11 is 0. The van der Waals surface area contributed by atoms with Crippen LogP contribution in [0.5, 0.6) is 5.75 Å². The first-order chi connectivity index (χ1) is 17.6. The van der Waals surface area contributed by atoms with Crippen molar-refractivity contribution in [3.05, 3.63) is 82.5 Å². The van der Waals surface area contributed by atoms with Gasteiger partial charge in [0, 0.05) is 13.1 Å². The minimum absolute atomic E-state index is 0.0747. The van der Waals surface area contributed by atoms with Gasteiger partial charge in [0.1, 0.15) is 11.5 Å². The van der Waals surface area contributed by atoms with Crippen molar-refractivity contribution in [2.45, 2.75) is 38.2 Å². The van der Waals surface area contributed by atoms with E-state index in [1.165, 1.54) is 16.8 Å². The summed E-state index contributed by atoms with van der Waals surface area (Å²) in [6, 6.07) is 16.1. The first-order valence-corrected chi connectivity index (χ1v) is 14.0. The van der Waals surface area contributed by atoms with E-state index in [4.69, 9.17) is 10.4 Å². The van der Waals surface area contributed by atoms with Crippen molar-refractivity contribution >= 4 is 16.2 Å². The Balaban J connectivity index is 1.29. The standard InChI is InChI=1S/C28H32FN4O2S/c1-36(20-15-22-11-13-23(29)14-12-22)32-18-16-31(17-19-32)26-21-30-33(24-7-3-2-4-8-24)28(34)27(26)35-25-9-5-6-10-25/h1-4,7-8,11-14,21,25H,5-6,9-10,15-20H2/q-1. The Bertz CT molecular complexity index is 1290. The van der Waals surface area contributed by atoms with E-state index >= 15 is 0 Å². The van der Waals surface area contributed by atoms with Crippen LogP contribution in [-0.2, 0) is 16.9 Å². The van der Waals surface area contributed by atoms with Gasteiger partial charge in [0.25, 0.3) is 0 Å². The van der Waals surface area contributed by atoms with E-state index in [0.29, 0.717) is 5.75 Å². The zero-order valence-corrected chi connectivity index (χ0v) is 21.2. The molecule has 0 amide bonds. The number of halogens is 1. The molecule has 0 spiro atoms. The molecule has 0 N–H and O–H groups in total. The highest BCUT2D eigenvalue weighted by Gasteiger charge is 2.25. The summed E-state index contributed by atoms with van der Waals surface area (Å²) in [6.45, 7) is 3.09. The molecule has 1 saturated carbocycles. The van der Waals surface area contributed by atoms with Crippen LogP contribution in [0.2, 0.25) is 0 Å². The fourth-order valence-electron chi connectivity index (χ4n) is 4.86. The molecule has 1 aromatic heterocycles. The lowest BCUT2D eigenvalue weighted by molar-refractivity contribution is 0.205. The summed E-state index contributed by atoms with van der Waals surface area (Å²) < 4.78 is 23.2. The molecule has 1 aliphatic heterocycles. The van der Waals surface area contributed by atoms with Crippen LogP contribution in [0.1, 0.15) is 31.2 Å². The summed E-state index contributed by atoms with van der Waals surface area (Å²) in [4.78, 5) is 15.7. The molecule has 3 aromatic rings. The van der Waals surface area contributed by atoms with Gasteiger partial charge in [0.05, 0.1) is 18.0 Å². The molecule has 36 heavy (non-hydrogen) atoms. The molecule has 1 saturated heterocycles. The van der Waals surface area contributed by atoms with Gasteiger partial charge in [0.2, 0.25) is 5.75 Å². The number of aryl methyl sites for hydroxylation is 1. The second-order valence-corrected chi connectivity index (χ2v) is 11.1. The number of para-hydroxylation sites is 1. The summed E-state index contributed by atoms with van der Waals surface area (Å²) in [6.07, 6.45) is 6.88. The van der Waals surface area contributed by atoms with Crippen molar-refractivity contribution in [3.63, 3.8) is 0 Å². The van der Waals surface area contributed by atoms with Crippen molar-refractivity contribution < 1.29 is 9.13 Å². The van der Waals surface area contributed by atoms with Gasteiger partial charge in [-0.25, -0.2) is 4.39 Å². The molecular formula is C28H32FN4O2S-. The average Bonchev–Trinajstić information content (AvgIpc) is 3.43. The number of hydrogen-bond donors (Lipinski definition) is 0. The van der Waals surface area contributed by atoms with Gasteiger partial charge in [-0.15, -0.1) is 5.75 Å². The van der Waals surface area contributed by atoms with Crippen molar-refractivity contribution in [3.8, 4) is 17.1 Å². The molecule has 0 unspecified atom stereocenters. The minimum atomic E-state index is -0.375. The third-order valence-corrected chi connectivity index (χ3v) is 8.58. The average molecular weight is 508 g/mol. The molecule has 5 rings (SSSR count). The van der Waals surface area contributed by atoms with Gasteiger partial charge in [-0.05, 0) is 75.0 Å². The van der Waals surface area contributed by atoms with E-state index in [-0.39, 0.29) is 28.0 Å². The maximum Gasteiger partial charge on any atom is 0.316 e. The Hall–Kier alpha value is -3.06. The third-order valence-electron chi connectivity index (χ3n) is 6.93. The maximum absolute atomic E-state index is 13.5. The van der Waals surface area contributed by atoms with Crippen LogP contribution in [0.3, 0.4) is 0 Å². The number of benzene rings is 2. The Labute approximate surface area is 214 Å². The summed E-state index contributed by atoms with van der Waals surface area (Å²) in [5.74, 6) is 1.01. The monoisotopic (exact) mass is 507 g/mol. The largest absolute Gasteiger partial charge is 0.483 e. The SMILES string of the molecule is C#[S-](CCc1ccc(F)cc1)N1CCN(c2cnn(-c3ccccc3)c(=O)c2OC2CCCC2)CC1. The summed E-state index contributed by atoms with van der Waals surface area (Å²) in [7, 11) is -0.375. The van der Waals surface area contributed by atoms with Crippen LogP contribution in [0.25, 0.3) is 5.69 Å². The minimum Gasteiger partial charge on any atom is -0.483 e. The normalized spacial score (nSPS) is 17.1. The highest BCUT2D eigenvalue weighted by atomic mass is 32.2. The van der Waals surface area contributed by atoms with Gasteiger partial charge in [-0.1, -0.05) is 30.3 Å². The zero-order valence-electron chi connectivity index (χ0n) is 20.4. The Morgan fingerprint density at radius 2 is 1.69 bits per heavy atom. The van der Waals surface area contributed by atoms with Gasteiger partial charge in [0.15, 0.2) is 0 Å². The molecule has 2 aliphatic rings. The van der Waals surface area contributed by atoms with Crippen LogP contribution in [-0.4, -0.2) is 52.1 Å². The molecule has 0 atom stereocenters. The topological polar surface area (TPSA) is 50.6 Å². The number of hydrogen-bond acceptors (Lipinski definition) is 6. The summed E-state index contributed by atoms with van der Waals surface area (Å²) in [5, 5.41) is 4.50. The lowest BCUT2D eigenvalue weighted by Crippen LogP contribution is -2.47. The van der Waals surface area contributed by atoms with E-state index in [0.717, 1.165) is 81.0 Å². The molecule has 2 heterocycles. The molecule has 6 nitrogen and oxygen atoms in total. The van der Waals surface area contributed by atoms with Crippen LogP contribution in [0.4, 0.5) is 10.1 Å². The van der Waals surface area contributed by atoms with Gasteiger partial charge < -0.3 is 30.1 Å². The highest BCUT2D eigenvalue weighted by Crippen LogP contribution is 2.30. The highest BCUT2D eigenvalue weighted by molar-refractivity contribution is 7.83. The molecular weight excluding hydrogens is 475 g/mol. The number of rotatable bonds is 6. The first-order valence-electron chi connectivity index (χ1n) is 12.6. The Morgan fingerprint density at radius 1 is 1.00 bits per heavy atom. The van der Waals surface area contributed by atoms with Crippen molar-refractivity contribution in [1.82, 2.24) is 14.1 Å². The third kappa shape index (κ3) is 5.67. The number of piperazine rings is 1. The molecule has 0 radical (unpaired) electrons. The lowest BCUT2D eigenvalue weighted by Gasteiger charge is -2.44. The van der Waals surface area contributed by atoms with Gasteiger partial charge in [-0.3, -0.25) is 4.79 Å². The van der Waals surface area contributed by atoms with Crippen LogP contribution < -0.4 is 15.2 Å². The Kier molecular flexibility index (Phi) is 7.75. The molecule has 190 valence electrons. The smallest absolute Gasteiger partial charge is 0.316 e. The van der Waals surface area contributed by atoms with E-state index in [1.54, 1.807) is 6.20 Å². The summed E-state index contributed by atoms with van der Waals surface area (Å²) in [5.41, 5.74) is 8.90. The Morgan fingerprint density at radius 3 is 2.39 bits per heavy atom. The predicted octanol–water partition coefficient (Wildman–Crippen LogP) is 4.18. The van der Waals surface area contributed by atoms with Crippen LogP contribution >= 0.6 is 0 Å². The number of aromatic nitrogens is 2. The predicted molar refractivity (Wildman–Crippen MR) is 144 cm³/mol. The van der Waals surface area contributed by atoms with Crippen molar-refractivity contribution in [2.24, 2.45) is 0 Å². The number of nitrogens with zero attached hydrogens (tertiary/aromatic N) is 4. The van der Waals surface area contributed by atoms with Gasteiger partial charge in [-0.2, -0.15) is 9.78 Å². The van der Waals surface area contributed by atoms with E-state index in [2.05, 4.69) is 14.3 Å². The van der Waals surface area contributed by atoms with Crippen molar-refractivity contribution in [2.75, 3.05) is 36.8 Å². The first kappa shape index (κ1) is 24.6. The number of ether oxygens (including phenoxy) is 1. The van der Waals surface area contributed by atoms with E-state index in [1.807, 2.05) is 42.5 Å². The van der Waals surface area contributed by atoms with Gasteiger partial charge >= 0.3 is 5.56 Å². The second-order valence-electron chi connectivity index (χ2n) is 9.33. The molecule has 1 aliphatic carbocycles. The second kappa shape index (κ2) is 11.3. The quantitative estimate of drug-likeness (QED) is 0.469. The molecule has 8 heteroatoms. The zero-order chi connectivity index (χ0) is 24.9. The lowest BCUT2D eigenvalue weighted by atomic mass is 10.2. The molecule has 2 fully saturated rings. The fraction of sp³-hybridized carbons (Fsp3) is 0.393. The maximum atomic E-state index is 13.5.